The van der Waals surface area contributed by atoms with E-state index in [0.29, 0.717) is 0 Å². The number of benzene rings is 11. The Morgan fingerprint density at radius 2 is 0.391 bits per heavy atom. The molecule has 11 rings (SSSR count). The van der Waals surface area contributed by atoms with Gasteiger partial charge in [0.25, 0.3) is 0 Å². The Hall–Kier alpha value is -5.98. The Morgan fingerprint density at radius 3 is 0.696 bits per heavy atom. The van der Waals surface area contributed by atoms with E-state index in [1.54, 1.807) is 0 Å². The molecule has 0 fully saturated rings. The predicted molar refractivity (Wildman–Crippen MR) is 202 cm³/mol. The molecule has 46 heavy (non-hydrogen) atoms. The molecule has 0 aliphatic carbocycles. The first-order valence-corrected chi connectivity index (χ1v) is 16.1. The monoisotopic (exact) mass is 578 g/mol. The number of hydrogen-bond donors (Lipinski definition) is 0. The molecule has 0 bridgehead atoms. The van der Waals surface area contributed by atoms with E-state index in [4.69, 9.17) is 0 Å². The van der Waals surface area contributed by atoms with Crippen LogP contribution in [0.3, 0.4) is 0 Å². The average Bonchev–Trinajstić information content (AvgIpc) is 3.08. The Labute approximate surface area is 264 Å². The molecule has 0 aliphatic heterocycles. The van der Waals surface area contributed by atoms with E-state index in [0.717, 1.165) is 0 Å². The molecular formula is C46H26. The van der Waals surface area contributed by atoms with Crippen molar-refractivity contribution in [3.05, 3.63) is 158 Å². The first kappa shape index (κ1) is 24.4. The van der Waals surface area contributed by atoms with Crippen LogP contribution >= 0.6 is 0 Å². The Morgan fingerprint density at radius 1 is 0.152 bits per heavy atom. The van der Waals surface area contributed by atoms with Crippen LogP contribution in [-0.2, 0) is 0 Å². The summed E-state index contributed by atoms with van der Waals surface area (Å²) in [5.41, 5.74) is 0. The van der Waals surface area contributed by atoms with E-state index < -0.39 is 0 Å². The van der Waals surface area contributed by atoms with Crippen LogP contribution in [0.2, 0.25) is 0 Å². The third-order valence-electron chi connectivity index (χ3n) is 10.3. The summed E-state index contributed by atoms with van der Waals surface area (Å²) in [4.78, 5) is 0. The van der Waals surface area contributed by atoms with Gasteiger partial charge in [-0.1, -0.05) is 72.8 Å². The van der Waals surface area contributed by atoms with Gasteiger partial charge in [0, 0.05) is 0 Å². The molecule has 11 aromatic rings. The van der Waals surface area contributed by atoms with Crippen molar-refractivity contribution in [2.75, 3.05) is 0 Å². The van der Waals surface area contributed by atoms with Crippen LogP contribution in [0.15, 0.2) is 158 Å². The van der Waals surface area contributed by atoms with Gasteiger partial charge in [0.1, 0.15) is 0 Å². The second-order valence-corrected chi connectivity index (χ2v) is 13.1. The first-order chi connectivity index (χ1) is 22.7. The second-order valence-electron chi connectivity index (χ2n) is 13.1. The van der Waals surface area contributed by atoms with Crippen LogP contribution in [0.25, 0.3) is 108 Å². The zero-order valence-corrected chi connectivity index (χ0v) is 25.0. The molecule has 0 spiro atoms. The van der Waals surface area contributed by atoms with Crippen LogP contribution in [0.1, 0.15) is 0 Å². The SMILES string of the molecule is c1ccc2cc3cc4cc5cc6c(ccc7c8cc9cc%10cc%11ccccc%11cc%10cc9cc8ccc67)cc5cc4cc3cc2c1. The van der Waals surface area contributed by atoms with Crippen molar-refractivity contribution in [1.82, 2.24) is 0 Å². The van der Waals surface area contributed by atoms with E-state index in [1.165, 1.54) is 108 Å². The van der Waals surface area contributed by atoms with E-state index in [-0.39, 0.29) is 0 Å². The van der Waals surface area contributed by atoms with Crippen molar-refractivity contribution in [2.45, 2.75) is 0 Å². The smallest absolute Gasteiger partial charge is 0.00987 e. The lowest BCUT2D eigenvalue weighted by atomic mass is 9.92. The molecule has 0 saturated carbocycles. The van der Waals surface area contributed by atoms with Gasteiger partial charge in [-0.15, -0.1) is 0 Å². The van der Waals surface area contributed by atoms with E-state index in [2.05, 4.69) is 158 Å². The van der Waals surface area contributed by atoms with E-state index in [9.17, 15) is 0 Å². The van der Waals surface area contributed by atoms with Gasteiger partial charge in [0.05, 0.1) is 0 Å². The Bertz CT molecular complexity index is 3090. The fraction of sp³-hybridized carbons (Fsp3) is 0. The first-order valence-electron chi connectivity index (χ1n) is 16.1. The third kappa shape index (κ3) is 3.50. The minimum Gasteiger partial charge on any atom is -0.0616 e. The third-order valence-corrected chi connectivity index (χ3v) is 10.3. The minimum atomic E-state index is 1.28. The van der Waals surface area contributed by atoms with Crippen LogP contribution < -0.4 is 0 Å². The van der Waals surface area contributed by atoms with Crippen LogP contribution in [0.5, 0.6) is 0 Å². The maximum atomic E-state index is 2.41. The summed E-state index contributed by atoms with van der Waals surface area (Å²) in [6.07, 6.45) is 0. The van der Waals surface area contributed by atoms with Gasteiger partial charge in [-0.25, -0.2) is 0 Å². The summed E-state index contributed by atoms with van der Waals surface area (Å²) >= 11 is 0. The molecule has 0 N–H and O–H groups in total. The van der Waals surface area contributed by atoms with Crippen molar-refractivity contribution in [3.8, 4) is 0 Å². The molecule has 0 aliphatic rings. The zero-order valence-electron chi connectivity index (χ0n) is 25.0. The van der Waals surface area contributed by atoms with Gasteiger partial charge in [-0.3, -0.25) is 0 Å². The van der Waals surface area contributed by atoms with Crippen LogP contribution in [-0.4, -0.2) is 0 Å². The van der Waals surface area contributed by atoms with Crippen molar-refractivity contribution in [2.24, 2.45) is 0 Å². The van der Waals surface area contributed by atoms with Gasteiger partial charge in [-0.05, 0) is 193 Å². The van der Waals surface area contributed by atoms with Crippen molar-refractivity contribution < 1.29 is 0 Å². The molecule has 0 heteroatoms. The molecule has 0 radical (unpaired) electrons. The highest BCUT2D eigenvalue weighted by molar-refractivity contribution is 6.22. The molecule has 0 nitrogen and oxygen atoms in total. The number of fused-ring (bicyclic) bond motifs is 12. The lowest BCUT2D eigenvalue weighted by Gasteiger charge is -2.12. The minimum absolute atomic E-state index is 1.28. The Balaban J connectivity index is 1.13. The summed E-state index contributed by atoms with van der Waals surface area (Å²) < 4.78 is 0. The Kier molecular flexibility index (Phi) is 4.66. The van der Waals surface area contributed by atoms with Gasteiger partial charge >= 0.3 is 0 Å². The quantitative estimate of drug-likeness (QED) is 0.124. The maximum Gasteiger partial charge on any atom is -0.00987 e. The molecule has 0 atom stereocenters. The van der Waals surface area contributed by atoms with Gasteiger partial charge < -0.3 is 0 Å². The highest BCUT2D eigenvalue weighted by atomic mass is 14.1. The van der Waals surface area contributed by atoms with E-state index in [1.807, 2.05) is 0 Å². The average molecular weight is 579 g/mol. The van der Waals surface area contributed by atoms with Gasteiger partial charge in [-0.2, -0.15) is 0 Å². The predicted octanol–water partition coefficient (Wildman–Crippen LogP) is 13.2. The van der Waals surface area contributed by atoms with Gasteiger partial charge in [0.15, 0.2) is 0 Å². The molecule has 0 saturated heterocycles. The fourth-order valence-electron chi connectivity index (χ4n) is 8.01. The largest absolute Gasteiger partial charge is 0.0616 e. The normalized spacial score (nSPS) is 12.3. The number of hydrogen-bond acceptors (Lipinski definition) is 0. The van der Waals surface area contributed by atoms with Crippen molar-refractivity contribution in [3.63, 3.8) is 0 Å². The van der Waals surface area contributed by atoms with Crippen LogP contribution in [0, 0.1) is 0 Å². The van der Waals surface area contributed by atoms with Crippen LogP contribution in [0.4, 0.5) is 0 Å². The standard InChI is InChI=1S/C46H26/c1-2-7-29-15-35-21-40-24-42-26-46-32(18-38(42)22-39(40)20-34(35)14-28(29)6-1)10-12-43-44(46)11-9-31-17-37-19-33-13-27-5-3-4-8-30(27)16-36(33)23-41(37)25-45(31)43/h1-26H. The second kappa shape index (κ2) is 8.81. The lowest BCUT2D eigenvalue weighted by molar-refractivity contribution is 1.79. The molecule has 11 aromatic carbocycles. The highest BCUT2D eigenvalue weighted by Crippen LogP contribution is 2.38. The topological polar surface area (TPSA) is 0 Å². The molecule has 0 heterocycles. The van der Waals surface area contributed by atoms with Gasteiger partial charge in [0.2, 0.25) is 0 Å². The lowest BCUT2D eigenvalue weighted by Crippen LogP contribution is -1.85. The molecule has 210 valence electrons. The molecular weight excluding hydrogens is 553 g/mol. The number of rotatable bonds is 0. The van der Waals surface area contributed by atoms with E-state index >= 15 is 0 Å². The molecule has 0 aromatic heterocycles. The summed E-state index contributed by atoms with van der Waals surface area (Å²) in [6, 6.07) is 59.5. The fourth-order valence-corrected chi connectivity index (χ4v) is 8.01. The summed E-state index contributed by atoms with van der Waals surface area (Å²) in [7, 11) is 0. The molecule has 0 amide bonds. The van der Waals surface area contributed by atoms with Crippen molar-refractivity contribution in [1.29, 1.82) is 0 Å². The molecule has 0 unspecified atom stereocenters. The zero-order chi connectivity index (χ0) is 29.9. The maximum absolute atomic E-state index is 2.41. The summed E-state index contributed by atoms with van der Waals surface area (Å²) in [5, 5.41) is 25.8. The summed E-state index contributed by atoms with van der Waals surface area (Å²) in [6.45, 7) is 0. The highest BCUT2D eigenvalue weighted by Gasteiger charge is 2.10. The van der Waals surface area contributed by atoms with Crippen molar-refractivity contribution >= 4 is 108 Å². The summed E-state index contributed by atoms with van der Waals surface area (Å²) in [5.74, 6) is 0.